The largest absolute Gasteiger partial charge is 0.416 e. The first-order valence-corrected chi connectivity index (χ1v) is 8.13. The van der Waals surface area contributed by atoms with Crippen LogP contribution in [0, 0.1) is 0 Å². The average Bonchev–Trinajstić information content (AvgIpc) is 2.90. The third-order valence-electron chi connectivity index (χ3n) is 3.41. The van der Waals surface area contributed by atoms with Crippen molar-refractivity contribution in [3.05, 3.63) is 16.1 Å². The van der Waals surface area contributed by atoms with Gasteiger partial charge in [-0.15, -0.1) is 11.3 Å². The smallest absolute Gasteiger partial charge is 0.359 e. The third-order valence-corrected chi connectivity index (χ3v) is 4.55. The molecule has 23 heavy (non-hydrogen) atoms. The minimum atomic E-state index is -4.50. The van der Waals surface area contributed by atoms with Crippen LogP contribution in [-0.2, 0) is 17.7 Å². The fourth-order valence-electron chi connectivity index (χ4n) is 2.37. The minimum Gasteiger partial charge on any atom is -0.359 e. The Morgan fingerprint density at radius 2 is 2.26 bits per heavy atom. The first-order chi connectivity index (χ1) is 10.6. The summed E-state index contributed by atoms with van der Waals surface area (Å²) in [6.45, 7) is 4.89. The predicted octanol–water partition coefficient (Wildman–Crippen LogP) is 2.96. The van der Waals surface area contributed by atoms with E-state index < -0.39 is 30.5 Å². The molecule has 0 radical (unpaired) electrons. The lowest BCUT2D eigenvalue weighted by Gasteiger charge is -2.43. The Hall–Kier alpha value is -1.35. The number of carbonyl (C=O) groups excluding carboxylic acids is 1. The van der Waals surface area contributed by atoms with Crippen LogP contribution in [-0.4, -0.2) is 46.9 Å². The van der Waals surface area contributed by atoms with E-state index >= 15 is 0 Å². The fourth-order valence-corrected chi connectivity index (χ4v) is 3.17. The topological polar surface area (TPSA) is 54.5 Å². The molecule has 2 amide bonds. The van der Waals surface area contributed by atoms with Crippen LogP contribution in [0.4, 0.5) is 18.0 Å². The first kappa shape index (κ1) is 18.0. The van der Waals surface area contributed by atoms with Gasteiger partial charge in [-0.05, 0) is 20.3 Å². The zero-order chi connectivity index (χ0) is 17.3. The number of aryl methyl sites for hydroxylation is 1. The van der Waals surface area contributed by atoms with E-state index in [1.807, 2.05) is 6.92 Å². The number of amides is 2. The van der Waals surface area contributed by atoms with Gasteiger partial charge in [0.1, 0.15) is 5.01 Å². The molecule has 0 aromatic carbocycles. The summed E-state index contributed by atoms with van der Waals surface area (Å²) in [5, 5.41) is 3.36. The molecule has 1 atom stereocenters. The van der Waals surface area contributed by atoms with E-state index in [1.54, 1.807) is 20.0 Å². The fraction of sp³-hybridized carbons (Fsp3) is 0.714. The van der Waals surface area contributed by atoms with Crippen LogP contribution in [0.15, 0.2) is 6.20 Å². The van der Waals surface area contributed by atoms with Crippen LogP contribution in [0.3, 0.4) is 0 Å². The maximum Gasteiger partial charge on any atom is 0.416 e. The first-order valence-electron chi connectivity index (χ1n) is 7.31. The number of rotatable bonds is 3. The second kappa shape index (κ2) is 6.64. The van der Waals surface area contributed by atoms with Crippen LogP contribution in [0.1, 0.15) is 30.7 Å². The molecule has 9 heteroatoms. The maximum absolute atomic E-state index is 12.9. The highest BCUT2D eigenvalue weighted by Crippen LogP contribution is 2.31. The number of carbonyl (C=O) groups is 1. The number of aromatic nitrogens is 1. The van der Waals surface area contributed by atoms with Crippen molar-refractivity contribution < 1.29 is 22.7 Å². The summed E-state index contributed by atoms with van der Waals surface area (Å²) in [6.07, 6.45) is -3.87. The van der Waals surface area contributed by atoms with Gasteiger partial charge in [-0.2, -0.15) is 13.2 Å². The molecule has 2 rings (SSSR count). The van der Waals surface area contributed by atoms with E-state index in [4.69, 9.17) is 4.74 Å². The van der Waals surface area contributed by atoms with Crippen molar-refractivity contribution >= 4 is 17.4 Å². The number of halogens is 3. The van der Waals surface area contributed by atoms with E-state index in [1.165, 1.54) is 11.3 Å². The van der Waals surface area contributed by atoms with Crippen molar-refractivity contribution in [3.63, 3.8) is 0 Å². The Morgan fingerprint density at radius 3 is 2.83 bits per heavy atom. The van der Waals surface area contributed by atoms with Gasteiger partial charge in [0, 0.05) is 11.1 Å². The van der Waals surface area contributed by atoms with Gasteiger partial charge >= 0.3 is 12.2 Å². The number of thiazole rings is 1. The summed E-state index contributed by atoms with van der Waals surface area (Å²) in [7, 11) is 0. The van der Waals surface area contributed by atoms with Gasteiger partial charge < -0.3 is 15.0 Å². The summed E-state index contributed by atoms with van der Waals surface area (Å²) < 4.78 is 43.8. The van der Waals surface area contributed by atoms with Crippen LogP contribution in [0.25, 0.3) is 0 Å². The minimum absolute atomic E-state index is 0.101. The third kappa shape index (κ3) is 4.81. The lowest BCUT2D eigenvalue weighted by Crippen LogP contribution is -2.60. The molecule has 5 nitrogen and oxygen atoms in total. The number of ether oxygens (including phenoxy) is 1. The molecule has 130 valence electrons. The Kier molecular flexibility index (Phi) is 5.20. The molecule has 1 saturated heterocycles. The molecule has 2 heterocycles. The highest BCUT2D eigenvalue weighted by molar-refractivity contribution is 7.11. The van der Waals surface area contributed by atoms with Crippen molar-refractivity contribution in [2.24, 2.45) is 0 Å². The molecule has 1 fully saturated rings. The number of urea groups is 1. The predicted molar refractivity (Wildman–Crippen MR) is 80.3 cm³/mol. The molecule has 1 aromatic rings. The standard InChI is InChI=1S/C14H20F3N3O2S/c1-4-9-5-18-11(23-9)6-19-12(21)20-7-10(14(15,16)17)22-13(2,3)8-20/h5,10H,4,6-8H2,1-3H3,(H,19,21). The van der Waals surface area contributed by atoms with Crippen molar-refractivity contribution in [1.29, 1.82) is 0 Å². The van der Waals surface area contributed by atoms with Crippen molar-refractivity contribution in [1.82, 2.24) is 15.2 Å². The average molecular weight is 351 g/mol. The zero-order valence-corrected chi connectivity index (χ0v) is 14.1. The van der Waals surface area contributed by atoms with Crippen molar-refractivity contribution in [2.75, 3.05) is 13.1 Å². The number of hydrogen-bond donors (Lipinski definition) is 1. The Labute approximate surface area is 136 Å². The summed E-state index contributed by atoms with van der Waals surface area (Å²) in [5.74, 6) is 0. The highest BCUT2D eigenvalue weighted by atomic mass is 32.1. The van der Waals surface area contributed by atoms with Gasteiger partial charge in [0.15, 0.2) is 6.10 Å². The molecule has 0 aliphatic carbocycles. The quantitative estimate of drug-likeness (QED) is 0.911. The van der Waals surface area contributed by atoms with Gasteiger partial charge in [-0.1, -0.05) is 6.92 Å². The summed E-state index contributed by atoms with van der Waals surface area (Å²) in [5.41, 5.74) is -1.05. The van der Waals surface area contributed by atoms with Crippen molar-refractivity contribution in [3.8, 4) is 0 Å². The Morgan fingerprint density at radius 1 is 1.57 bits per heavy atom. The maximum atomic E-state index is 12.9. The number of morpholine rings is 1. The van der Waals surface area contributed by atoms with Crippen LogP contribution in [0.5, 0.6) is 0 Å². The lowest BCUT2D eigenvalue weighted by atomic mass is 10.1. The summed E-state index contributed by atoms with van der Waals surface area (Å²) in [4.78, 5) is 18.6. The normalized spacial score (nSPS) is 21.3. The number of nitrogens with zero attached hydrogens (tertiary/aromatic N) is 2. The van der Waals surface area contributed by atoms with E-state index in [2.05, 4.69) is 10.3 Å². The highest BCUT2D eigenvalue weighted by Gasteiger charge is 2.49. The summed E-state index contributed by atoms with van der Waals surface area (Å²) >= 11 is 1.48. The molecule has 1 aromatic heterocycles. The van der Waals surface area contributed by atoms with E-state index in [-0.39, 0.29) is 13.1 Å². The van der Waals surface area contributed by atoms with Gasteiger partial charge in [-0.3, -0.25) is 0 Å². The van der Waals surface area contributed by atoms with Crippen LogP contribution < -0.4 is 5.32 Å². The van der Waals surface area contributed by atoms with Gasteiger partial charge in [0.25, 0.3) is 0 Å². The zero-order valence-electron chi connectivity index (χ0n) is 13.2. The van der Waals surface area contributed by atoms with Gasteiger partial charge in [0.2, 0.25) is 0 Å². The van der Waals surface area contributed by atoms with Gasteiger partial charge in [-0.25, -0.2) is 9.78 Å². The second-order valence-electron chi connectivity index (χ2n) is 6.02. The SMILES string of the molecule is CCc1cnc(CNC(=O)N2CC(C(F)(F)F)OC(C)(C)C2)s1. The van der Waals surface area contributed by atoms with Gasteiger partial charge in [0.05, 0.1) is 25.2 Å². The molecule has 0 saturated carbocycles. The molecular formula is C14H20F3N3O2S. The van der Waals surface area contributed by atoms with E-state index in [0.29, 0.717) is 0 Å². The monoisotopic (exact) mass is 351 g/mol. The molecule has 0 spiro atoms. The van der Waals surface area contributed by atoms with E-state index in [0.717, 1.165) is 21.2 Å². The molecule has 1 unspecified atom stereocenters. The molecular weight excluding hydrogens is 331 g/mol. The molecule has 1 N–H and O–H groups in total. The second-order valence-corrected chi connectivity index (χ2v) is 7.22. The number of alkyl halides is 3. The number of nitrogens with one attached hydrogen (secondary N) is 1. The Bertz CT molecular complexity index is 560. The Balaban J connectivity index is 1.97. The van der Waals surface area contributed by atoms with Crippen molar-refractivity contribution in [2.45, 2.75) is 51.6 Å². The van der Waals surface area contributed by atoms with Crippen LogP contribution >= 0.6 is 11.3 Å². The molecule has 1 aliphatic rings. The molecule has 0 bridgehead atoms. The van der Waals surface area contributed by atoms with E-state index in [9.17, 15) is 18.0 Å². The summed E-state index contributed by atoms with van der Waals surface area (Å²) in [6, 6.07) is -0.538. The number of hydrogen-bond acceptors (Lipinski definition) is 4. The lowest BCUT2D eigenvalue weighted by molar-refractivity contribution is -0.267. The van der Waals surface area contributed by atoms with Crippen LogP contribution in [0.2, 0.25) is 0 Å². The molecule has 1 aliphatic heterocycles.